The summed E-state index contributed by atoms with van der Waals surface area (Å²) in [7, 11) is 0. The zero-order chi connectivity index (χ0) is 16.5. The lowest BCUT2D eigenvalue weighted by atomic mass is 9.82. The molecule has 1 atom stereocenters. The second-order valence-electron chi connectivity index (χ2n) is 5.02. The number of aromatic nitrogens is 1. The van der Waals surface area contributed by atoms with E-state index in [2.05, 4.69) is 14.6 Å². The highest BCUT2D eigenvalue weighted by Gasteiger charge is 2.40. The Bertz CT molecular complexity index is 694. The largest absolute Gasteiger partial charge is 0.573 e. The zero-order valence-electron chi connectivity index (χ0n) is 11.7. The van der Waals surface area contributed by atoms with Crippen LogP contribution < -0.4 is 14.3 Å². The minimum Gasteiger partial charge on any atom is -0.491 e. The molecule has 0 fully saturated rings. The van der Waals surface area contributed by atoms with Crippen molar-refractivity contribution in [2.75, 3.05) is 6.61 Å². The summed E-state index contributed by atoms with van der Waals surface area (Å²) in [5.41, 5.74) is 0.420. The quantitative estimate of drug-likeness (QED) is 0.861. The van der Waals surface area contributed by atoms with Crippen LogP contribution in [0, 0.1) is 0 Å². The lowest BCUT2D eigenvalue weighted by Gasteiger charge is -2.36. The summed E-state index contributed by atoms with van der Waals surface area (Å²) in [6.45, 7) is 0.402. The van der Waals surface area contributed by atoms with Gasteiger partial charge < -0.3 is 9.47 Å². The Morgan fingerprint density at radius 2 is 1.96 bits per heavy atom. The Morgan fingerprint density at radius 3 is 2.61 bits per heavy atom. The van der Waals surface area contributed by atoms with Crippen molar-refractivity contribution in [2.45, 2.75) is 18.3 Å². The van der Waals surface area contributed by atoms with Crippen molar-refractivity contribution in [1.29, 1.82) is 0 Å². The Balaban J connectivity index is 1.99. The van der Waals surface area contributed by atoms with Crippen LogP contribution in [0.5, 0.6) is 11.5 Å². The van der Waals surface area contributed by atoms with Crippen molar-refractivity contribution in [3.8, 4) is 11.5 Å². The van der Waals surface area contributed by atoms with E-state index in [-0.39, 0.29) is 5.75 Å². The van der Waals surface area contributed by atoms with Gasteiger partial charge in [-0.2, -0.15) is 0 Å². The van der Waals surface area contributed by atoms with Crippen molar-refractivity contribution in [3.63, 3.8) is 0 Å². The molecule has 23 heavy (non-hydrogen) atoms. The van der Waals surface area contributed by atoms with Gasteiger partial charge in [0.15, 0.2) is 0 Å². The Labute approximate surface area is 135 Å². The van der Waals surface area contributed by atoms with Crippen LogP contribution in [0.1, 0.15) is 17.7 Å². The Hall–Kier alpha value is -1.99. The van der Waals surface area contributed by atoms with Crippen molar-refractivity contribution in [3.05, 3.63) is 53.9 Å². The second kappa shape index (κ2) is 5.90. The molecule has 1 aromatic heterocycles. The summed E-state index contributed by atoms with van der Waals surface area (Å²) in [5, 5.41) is 0. The molecule has 4 nitrogen and oxygen atoms in total. The van der Waals surface area contributed by atoms with Gasteiger partial charge in [-0.25, -0.2) is 4.84 Å². The van der Waals surface area contributed by atoms with Crippen molar-refractivity contribution >= 4 is 11.8 Å². The molecule has 3 rings (SSSR count). The third kappa shape index (κ3) is 3.07. The molecule has 0 spiro atoms. The molecule has 2 aromatic rings. The molecule has 0 amide bonds. The van der Waals surface area contributed by atoms with Gasteiger partial charge in [0.1, 0.15) is 22.7 Å². The van der Waals surface area contributed by atoms with E-state index in [4.69, 9.17) is 16.5 Å². The van der Waals surface area contributed by atoms with E-state index in [0.717, 1.165) is 0 Å². The Morgan fingerprint density at radius 1 is 1.22 bits per heavy atom. The third-order valence-electron chi connectivity index (χ3n) is 3.65. The number of hydrogen-bond acceptors (Lipinski definition) is 4. The molecule has 0 radical (unpaired) electrons. The van der Waals surface area contributed by atoms with Gasteiger partial charge in [0.05, 0.1) is 6.61 Å². The molecule has 1 aliphatic rings. The average molecular weight is 345 g/mol. The number of fused-ring (bicyclic) bond motifs is 1. The number of nitrogens with zero attached hydrogens (tertiary/aromatic N) is 1. The van der Waals surface area contributed by atoms with Gasteiger partial charge in [0.2, 0.25) is 0 Å². The number of pyridine rings is 1. The summed E-state index contributed by atoms with van der Waals surface area (Å²) >= 11 is 5.99. The molecular weight excluding hydrogens is 333 g/mol. The number of nitrogens with one attached hydrogen (secondary N) is 1. The molecule has 1 N–H and O–H groups in total. The maximum absolute atomic E-state index is 12.3. The maximum Gasteiger partial charge on any atom is 0.573 e. The van der Waals surface area contributed by atoms with Crippen LogP contribution >= 0.6 is 11.8 Å². The molecule has 8 heteroatoms. The fourth-order valence-electron chi connectivity index (χ4n) is 2.63. The molecular formula is C15H12ClF3N2O2. The average Bonchev–Trinajstić information content (AvgIpc) is 2.53. The molecule has 1 aromatic carbocycles. The fraction of sp³-hybridized carbons (Fsp3) is 0.267. The van der Waals surface area contributed by atoms with Gasteiger partial charge in [0, 0.05) is 12.6 Å². The number of benzene rings is 1. The van der Waals surface area contributed by atoms with Crippen LogP contribution in [0.3, 0.4) is 0 Å². The number of rotatable bonds is 3. The lowest BCUT2D eigenvalue weighted by molar-refractivity contribution is -0.274. The van der Waals surface area contributed by atoms with Gasteiger partial charge in [-0.1, -0.05) is 12.1 Å². The van der Waals surface area contributed by atoms with E-state index in [1.807, 2.05) is 0 Å². The normalized spacial score (nSPS) is 20.5. The zero-order valence-corrected chi connectivity index (χ0v) is 12.5. The number of halogens is 4. The van der Waals surface area contributed by atoms with Crippen molar-refractivity contribution < 1.29 is 22.6 Å². The predicted octanol–water partition coefficient (Wildman–Crippen LogP) is 3.75. The SMILES string of the molecule is FC(F)(F)Oc1ccc([C@@]2(NCl)CCOc3cccnc32)cc1. The van der Waals surface area contributed by atoms with Crippen LogP contribution in [-0.2, 0) is 5.54 Å². The first-order chi connectivity index (χ1) is 10.9. The molecule has 0 saturated heterocycles. The second-order valence-corrected chi connectivity index (χ2v) is 5.21. The van der Waals surface area contributed by atoms with Gasteiger partial charge in [0.25, 0.3) is 0 Å². The van der Waals surface area contributed by atoms with E-state index < -0.39 is 11.9 Å². The van der Waals surface area contributed by atoms with Crippen LogP contribution in [0.15, 0.2) is 42.6 Å². The summed E-state index contributed by atoms with van der Waals surface area (Å²) in [4.78, 5) is 7.04. The smallest absolute Gasteiger partial charge is 0.491 e. The molecule has 2 heterocycles. The highest BCUT2D eigenvalue weighted by atomic mass is 35.5. The number of hydrogen-bond donors (Lipinski definition) is 1. The first kappa shape index (κ1) is 15.9. The monoisotopic (exact) mass is 344 g/mol. The van der Waals surface area contributed by atoms with Crippen molar-refractivity contribution in [1.82, 2.24) is 9.82 Å². The van der Waals surface area contributed by atoms with Crippen molar-refractivity contribution in [2.24, 2.45) is 0 Å². The van der Waals surface area contributed by atoms with E-state index in [1.165, 1.54) is 24.3 Å². The molecule has 0 saturated carbocycles. The minimum atomic E-state index is -4.73. The standard InChI is InChI=1S/C15H12ClF3N2O2/c16-21-14(7-9-22-12-2-1-8-20-13(12)14)10-3-5-11(6-4-10)23-15(17,18)19/h1-6,8,21H,7,9H2/t14-/m0/s1. The lowest BCUT2D eigenvalue weighted by Crippen LogP contribution is -2.43. The summed E-state index contributed by atoms with van der Waals surface area (Å²) < 4.78 is 46.2. The van der Waals surface area contributed by atoms with E-state index in [9.17, 15) is 13.2 Å². The topological polar surface area (TPSA) is 43.4 Å². The third-order valence-corrected chi connectivity index (χ3v) is 3.97. The van der Waals surface area contributed by atoms with Crippen LogP contribution in [-0.4, -0.2) is 18.0 Å². The van der Waals surface area contributed by atoms with Gasteiger partial charge in [-0.05, 0) is 41.6 Å². The molecule has 122 valence electrons. The predicted molar refractivity (Wildman–Crippen MR) is 77.2 cm³/mol. The highest BCUT2D eigenvalue weighted by molar-refractivity contribution is 6.14. The maximum atomic E-state index is 12.3. The van der Waals surface area contributed by atoms with E-state index in [0.29, 0.717) is 30.0 Å². The van der Waals surface area contributed by atoms with E-state index >= 15 is 0 Å². The van der Waals surface area contributed by atoms with Gasteiger partial charge >= 0.3 is 6.36 Å². The van der Waals surface area contributed by atoms with Crippen LogP contribution in [0.25, 0.3) is 0 Å². The molecule has 0 bridgehead atoms. The van der Waals surface area contributed by atoms with E-state index in [1.54, 1.807) is 18.3 Å². The first-order valence-electron chi connectivity index (χ1n) is 6.77. The summed E-state index contributed by atoms with van der Waals surface area (Å²) in [6, 6.07) is 9.06. The van der Waals surface area contributed by atoms with Crippen LogP contribution in [0.2, 0.25) is 0 Å². The summed E-state index contributed by atoms with van der Waals surface area (Å²) in [5.74, 6) is 0.293. The van der Waals surface area contributed by atoms with Gasteiger partial charge in [-0.15, -0.1) is 13.2 Å². The number of alkyl halides is 3. The minimum absolute atomic E-state index is 0.292. The summed E-state index contributed by atoms with van der Waals surface area (Å²) in [6.07, 6.45) is -2.63. The number of ether oxygens (including phenoxy) is 2. The Kier molecular flexibility index (Phi) is 4.08. The molecule has 1 aliphatic heterocycles. The molecule has 0 unspecified atom stereocenters. The first-order valence-corrected chi connectivity index (χ1v) is 7.15. The highest BCUT2D eigenvalue weighted by Crippen LogP contribution is 2.41. The van der Waals surface area contributed by atoms with Crippen LogP contribution in [0.4, 0.5) is 13.2 Å². The fourth-order valence-corrected chi connectivity index (χ4v) is 2.92. The van der Waals surface area contributed by atoms with Gasteiger partial charge in [-0.3, -0.25) is 4.98 Å². The molecule has 0 aliphatic carbocycles.